The van der Waals surface area contributed by atoms with Crippen LogP contribution in [0.15, 0.2) is 162 Å². The standard InChI is InChI=1S/C26H23BN2O2.C22H15BrN2/c1-25(2)26(3,4)31-27(30-25)24-10-9-19-13-21-17(15-23(19)29-24)8-7-16-14-22-18(12-20(16)21)6-5-11-28-22;23-19-13-11-18(12-14-19)22-24-20(16-7-3-1-4-8-16)15-21(25-22)17-9-5-2-6-10-17/h5-15H,1-4H3;1-15H. The summed E-state index contributed by atoms with van der Waals surface area (Å²) in [6.07, 6.45) is 1.84. The minimum Gasteiger partial charge on any atom is -0.398 e. The quantitative estimate of drug-likeness (QED) is 0.100. The van der Waals surface area contributed by atoms with Crippen molar-refractivity contribution >= 4 is 72.0 Å². The second-order valence-corrected chi connectivity index (χ2v) is 16.0. The minimum atomic E-state index is -0.458. The first-order chi connectivity index (χ1) is 27.1. The maximum absolute atomic E-state index is 6.19. The van der Waals surface area contributed by atoms with Crippen LogP contribution in [0.3, 0.4) is 0 Å². The van der Waals surface area contributed by atoms with Crippen molar-refractivity contribution < 1.29 is 9.31 Å². The second kappa shape index (κ2) is 14.4. The van der Waals surface area contributed by atoms with Gasteiger partial charge in [0, 0.05) is 38.1 Å². The van der Waals surface area contributed by atoms with Crippen molar-refractivity contribution in [3.8, 4) is 33.9 Å². The van der Waals surface area contributed by atoms with Gasteiger partial charge in [-0.05, 0) is 104 Å². The zero-order valence-electron chi connectivity index (χ0n) is 31.6. The molecule has 0 saturated carbocycles. The van der Waals surface area contributed by atoms with Crippen LogP contribution in [0, 0.1) is 0 Å². The van der Waals surface area contributed by atoms with E-state index in [1.54, 1.807) is 0 Å². The molecule has 10 rings (SSSR count). The lowest BCUT2D eigenvalue weighted by Gasteiger charge is -2.32. The molecule has 56 heavy (non-hydrogen) atoms. The van der Waals surface area contributed by atoms with Gasteiger partial charge in [-0.3, -0.25) is 9.97 Å². The highest BCUT2D eigenvalue weighted by Gasteiger charge is 2.52. The number of hydrogen-bond acceptors (Lipinski definition) is 6. The predicted molar refractivity (Wildman–Crippen MR) is 234 cm³/mol. The highest BCUT2D eigenvalue weighted by atomic mass is 79.9. The van der Waals surface area contributed by atoms with Gasteiger partial charge in [-0.15, -0.1) is 0 Å². The van der Waals surface area contributed by atoms with Gasteiger partial charge in [0.15, 0.2) is 5.82 Å². The largest absolute Gasteiger partial charge is 0.514 e. The molecular weight excluding hydrogens is 755 g/mol. The normalized spacial score (nSPS) is 14.6. The van der Waals surface area contributed by atoms with Crippen LogP contribution in [0.2, 0.25) is 0 Å². The molecule has 1 aliphatic rings. The number of benzene rings is 6. The Labute approximate surface area is 334 Å². The van der Waals surface area contributed by atoms with E-state index in [0.717, 1.165) is 65.8 Å². The highest BCUT2D eigenvalue weighted by molar-refractivity contribution is 9.10. The fourth-order valence-electron chi connectivity index (χ4n) is 7.05. The Kier molecular flexibility index (Phi) is 9.21. The van der Waals surface area contributed by atoms with Crippen LogP contribution in [-0.2, 0) is 9.31 Å². The van der Waals surface area contributed by atoms with Crippen molar-refractivity contribution in [1.82, 2.24) is 19.9 Å². The first-order valence-corrected chi connectivity index (χ1v) is 19.5. The molecule has 0 bridgehead atoms. The number of hydrogen-bond donors (Lipinski definition) is 0. The molecule has 6 nitrogen and oxygen atoms in total. The fraction of sp³-hybridized carbons (Fsp3) is 0.125. The molecule has 0 N–H and O–H groups in total. The smallest absolute Gasteiger partial charge is 0.398 e. The number of nitrogens with zero attached hydrogens (tertiary/aromatic N) is 4. The molecule has 0 unspecified atom stereocenters. The van der Waals surface area contributed by atoms with Crippen molar-refractivity contribution in [3.05, 3.63) is 162 Å². The third-order valence-corrected chi connectivity index (χ3v) is 11.4. The Morgan fingerprint density at radius 3 is 1.61 bits per heavy atom. The number of fused-ring (bicyclic) bond motifs is 5. The highest BCUT2D eigenvalue weighted by Crippen LogP contribution is 2.37. The Balaban J connectivity index is 0.000000150. The molecule has 9 aromatic rings. The van der Waals surface area contributed by atoms with Crippen molar-refractivity contribution in [3.63, 3.8) is 0 Å². The molecule has 6 aromatic carbocycles. The van der Waals surface area contributed by atoms with Crippen LogP contribution in [0.1, 0.15) is 27.7 Å². The van der Waals surface area contributed by atoms with Gasteiger partial charge >= 0.3 is 7.12 Å². The summed E-state index contributed by atoms with van der Waals surface area (Å²) in [5, 5.41) is 7.07. The first kappa shape index (κ1) is 35.9. The van der Waals surface area contributed by atoms with Crippen LogP contribution in [0.5, 0.6) is 0 Å². The summed E-state index contributed by atoms with van der Waals surface area (Å²) >= 11 is 3.48. The lowest BCUT2D eigenvalue weighted by molar-refractivity contribution is 0.00578. The summed E-state index contributed by atoms with van der Waals surface area (Å²) in [5.41, 5.74) is 7.02. The van der Waals surface area contributed by atoms with Crippen LogP contribution in [0.25, 0.3) is 77.3 Å². The van der Waals surface area contributed by atoms with Gasteiger partial charge in [-0.25, -0.2) is 9.97 Å². The van der Waals surface area contributed by atoms with Crippen LogP contribution >= 0.6 is 15.9 Å². The second-order valence-electron chi connectivity index (χ2n) is 15.1. The molecule has 0 atom stereocenters. The van der Waals surface area contributed by atoms with Gasteiger partial charge in [0.2, 0.25) is 0 Å². The SMILES string of the molecule is Brc1ccc(-c2nc(-c3ccccc3)cc(-c3ccccc3)n2)cc1.CC1(C)OB(c2ccc3cc4c(ccc5cc6ncccc6cc54)cc3n2)OC1(C)C. The van der Waals surface area contributed by atoms with Gasteiger partial charge in [0.25, 0.3) is 0 Å². The molecule has 0 aliphatic carbocycles. The summed E-state index contributed by atoms with van der Waals surface area (Å²) in [6.45, 7) is 8.25. The third kappa shape index (κ3) is 6.96. The first-order valence-electron chi connectivity index (χ1n) is 18.7. The topological polar surface area (TPSA) is 70.0 Å². The molecule has 272 valence electrons. The van der Waals surface area contributed by atoms with E-state index >= 15 is 0 Å². The van der Waals surface area contributed by atoms with E-state index in [-0.39, 0.29) is 11.2 Å². The molecule has 8 heteroatoms. The molecule has 3 aromatic heterocycles. The molecule has 1 fully saturated rings. The summed E-state index contributed by atoms with van der Waals surface area (Å²) in [4.78, 5) is 19.0. The van der Waals surface area contributed by atoms with Gasteiger partial charge in [-0.1, -0.05) is 113 Å². The fourth-order valence-corrected chi connectivity index (χ4v) is 7.31. The van der Waals surface area contributed by atoms with E-state index in [9.17, 15) is 0 Å². The van der Waals surface area contributed by atoms with Crippen molar-refractivity contribution in [2.45, 2.75) is 38.9 Å². The van der Waals surface area contributed by atoms with E-state index < -0.39 is 7.12 Å². The van der Waals surface area contributed by atoms with Crippen molar-refractivity contribution in [1.29, 1.82) is 0 Å². The third-order valence-electron chi connectivity index (χ3n) is 10.9. The Morgan fingerprint density at radius 1 is 0.482 bits per heavy atom. The number of rotatable bonds is 4. The van der Waals surface area contributed by atoms with Gasteiger partial charge < -0.3 is 9.31 Å². The van der Waals surface area contributed by atoms with E-state index in [2.05, 4.69) is 121 Å². The summed E-state index contributed by atoms with van der Waals surface area (Å²) in [7, 11) is -0.458. The molecular formula is C48H38BBrN4O2. The van der Waals surface area contributed by atoms with E-state index in [0.29, 0.717) is 0 Å². The molecule has 1 aliphatic heterocycles. The summed E-state index contributed by atoms with van der Waals surface area (Å²) in [5.74, 6) is 0.729. The zero-order chi connectivity index (χ0) is 38.4. The summed E-state index contributed by atoms with van der Waals surface area (Å²) < 4.78 is 13.4. The maximum atomic E-state index is 6.19. The number of halogens is 1. The lowest BCUT2D eigenvalue weighted by Crippen LogP contribution is -2.41. The molecule has 1 saturated heterocycles. The van der Waals surface area contributed by atoms with Crippen LogP contribution in [-0.4, -0.2) is 38.3 Å². The van der Waals surface area contributed by atoms with E-state index in [1.807, 2.05) is 85.1 Å². The Bertz CT molecular complexity index is 2810. The molecule has 4 heterocycles. The van der Waals surface area contributed by atoms with Gasteiger partial charge in [0.05, 0.1) is 39.2 Å². The average molecular weight is 794 g/mol. The van der Waals surface area contributed by atoms with Crippen molar-refractivity contribution in [2.24, 2.45) is 0 Å². The monoisotopic (exact) mass is 792 g/mol. The zero-order valence-corrected chi connectivity index (χ0v) is 33.2. The minimum absolute atomic E-state index is 0.381. The number of pyridine rings is 2. The lowest BCUT2D eigenvalue weighted by atomic mass is 9.84. The summed E-state index contributed by atoms with van der Waals surface area (Å²) in [6, 6.07) is 51.9. The predicted octanol–water partition coefficient (Wildman–Crippen LogP) is 11.6. The van der Waals surface area contributed by atoms with Gasteiger partial charge in [-0.2, -0.15) is 0 Å². The van der Waals surface area contributed by atoms with Crippen molar-refractivity contribution in [2.75, 3.05) is 0 Å². The van der Waals surface area contributed by atoms with E-state index in [4.69, 9.17) is 24.3 Å². The van der Waals surface area contributed by atoms with Crippen LogP contribution in [0.4, 0.5) is 0 Å². The van der Waals surface area contributed by atoms with E-state index in [1.165, 1.54) is 21.5 Å². The molecule has 0 amide bonds. The number of aromatic nitrogens is 4. The maximum Gasteiger partial charge on any atom is 0.514 e. The van der Waals surface area contributed by atoms with Gasteiger partial charge in [0.1, 0.15) is 0 Å². The van der Waals surface area contributed by atoms with Crippen LogP contribution < -0.4 is 5.59 Å². The Morgan fingerprint density at radius 2 is 1.02 bits per heavy atom. The molecule has 0 radical (unpaired) electrons. The molecule has 0 spiro atoms. The Hall–Kier alpha value is -5.80. The average Bonchev–Trinajstić information content (AvgIpc) is 3.45.